The second kappa shape index (κ2) is 7.11. The number of carbonyl (C=O) groups excluding carboxylic acids is 2. The molecule has 1 unspecified atom stereocenters. The van der Waals surface area contributed by atoms with Crippen molar-refractivity contribution in [3.05, 3.63) is 29.8 Å². The lowest BCUT2D eigenvalue weighted by atomic mass is 10.0. The van der Waals surface area contributed by atoms with Crippen LogP contribution in [-0.4, -0.2) is 43.4 Å². The predicted octanol–water partition coefficient (Wildman–Crippen LogP) is 1.72. The maximum absolute atomic E-state index is 12.2. The molecule has 0 aromatic heterocycles. The third-order valence-electron chi connectivity index (χ3n) is 3.84. The fourth-order valence-corrected chi connectivity index (χ4v) is 2.67. The van der Waals surface area contributed by atoms with E-state index in [9.17, 15) is 9.59 Å². The minimum absolute atomic E-state index is 0.0910. The highest BCUT2D eigenvalue weighted by Crippen LogP contribution is 2.17. The maximum atomic E-state index is 12.2. The van der Waals surface area contributed by atoms with Gasteiger partial charge in [0.05, 0.1) is 12.1 Å². The standard InChI is InChI=1S/C16H23N3O2/c1-12-6-5-9-19(11-12)15(20)10-18-14-8-4-3-7-13(14)16(21)17-2/h3-4,7-8,12,18H,5-6,9-11H2,1-2H3,(H,17,21). The van der Waals surface area contributed by atoms with Gasteiger partial charge in [-0.1, -0.05) is 19.1 Å². The van der Waals surface area contributed by atoms with Gasteiger partial charge < -0.3 is 15.5 Å². The van der Waals surface area contributed by atoms with Crippen molar-refractivity contribution in [1.82, 2.24) is 10.2 Å². The molecule has 21 heavy (non-hydrogen) atoms. The van der Waals surface area contributed by atoms with Crippen LogP contribution in [0.5, 0.6) is 0 Å². The lowest BCUT2D eigenvalue weighted by Crippen LogP contribution is -2.42. The third-order valence-corrected chi connectivity index (χ3v) is 3.84. The number of likely N-dealkylation sites (tertiary alicyclic amines) is 1. The number of nitrogens with one attached hydrogen (secondary N) is 2. The zero-order valence-electron chi connectivity index (χ0n) is 12.7. The summed E-state index contributed by atoms with van der Waals surface area (Å²) >= 11 is 0. The smallest absolute Gasteiger partial charge is 0.253 e. The first-order valence-electron chi connectivity index (χ1n) is 7.44. The summed E-state index contributed by atoms with van der Waals surface area (Å²) in [5.74, 6) is 0.506. The van der Waals surface area contributed by atoms with Gasteiger partial charge in [-0.05, 0) is 30.9 Å². The van der Waals surface area contributed by atoms with Crippen LogP contribution in [-0.2, 0) is 4.79 Å². The first kappa shape index (κ1) is 15.4. The van der Waals surface area contributed by atoms with Gasteiger partial charge in [-0.25, -0.2) is 0 Å². The Kier molecular flexibility index (Phi) is 5.20. The van der Waals surface area contributed by atoms with E-state index in [0.717, 1.165) is 19.5 Å². The number of hydrogen-bond acceptors (Lipinski definition) is 3. The van der Waals surface area contributed by atoms with E-state index in [1.54, 1.807) is 13.1 Å². The highest BCUT2D eigenvalue weighted by atomic mass is 16.2. The molecule has 0 radical (unpaired) electrons. The van der Waals surface area contributed by atoms with Crippen LogP contribution in [0, 0.1) is 5.92 Å². The molecule has 2 amide bonds. The van der Waals surface area contributed by atoms with Crippen molar-refractivity contribution in [2.45, 2.75) is 19.8 Å². The summed E-state index contributed by atoms with van der Waals surface area (Å²) in [6.45, 7) is 4.06. The molecular weight excluding hydrogens is 266 g/mol. The van der Waals surface area contributed by atoms with E-state index < -0.39 is 0 Å². The van der Waals surface area contributed by atoms with Crippen LogP contribution >= 0.6 is 0 Å². The largest absolute Gasteiger partial charge is 0.376 e. The fraction of sp³-hybridized carbons (Fsp3) is 0.500. The van der Waals surface area contributed by atoms with E-state index in [1.165, 1.54) is 6.42 Å². The van der Waals surface area contributed by atoms with Gasteiger partial charge in [0, 0.05) is 25.8 Å². The Hall–Kier alpha value is -2.04. The Morgan fingerprint density at radius 2 is 2.10 bits per heavy atom. The molecule has 1 heterocycles. The molecule has 1 aliphatic rings. The van der Waals surface area contributed by atoms with Crippen LogP contribution in [0.15, 0.2) is 24.3 Å². The lowest BCUT2D eigenvalue weighted by Gasteiger charge is -2.31. The average molecular weight is 289 g/mol. The van der Waals surface area contributed by atoms with Gasteiger partial charge in [0.15, 0.2) is 0 Å². The molecule has 1 fully saturated rings. The van der Waals surface area contributed by atoms with E-state index >= 15 is 0 Å². The van der Waals surface area contributed by atoms with E-state index in [1.807, 2.05) is 23.1 Å². The average Bonchev–Trinajstić information content (AvgIpc) is 2.52. The first-order chi connectivity index (χ1) is 10.1. The molecule has 2 rings (SSSR count). The summed E-state index contributed by atoms with van der Waals surface area (Å²) in [5, 5.41) is 5.69. The first-order valence-corrected chi connectivity index (χ1v) is 7.44. The number of nitrogens with zero attached hydrogens (tertiary/aromatic N) is 1. The molecule has 5 heteroatoms. The van der Waals surface area contributed by atoms with Crippen LogP contribution < -0.4 is 10.6 Å². The number of para-hydroxylation sites is 1. The zero-order chi connectivity index (χ0) is 15.2. The second-order valence-electron chi connectivity index (χ2n) is 5.57. The monoisotopic (exact) mass is 289 g/mol. The van der Waals surface area contributed by atoms with Crippen molar-refractivity contribution in [2.24, 2.45) is 5.92 Å². The van der Waals surface area contributed by atoms with Gasteiger partial charge in [-0.15, -0.1) is 0 Å². The molecular formula is C16H23N3O2. The number of rotatable bonds is 4. The maximum Gasteiger partial charge on any atom is 0.253 e. The van der Waals surface area contributed by atoms with Crippen LogP contribution in [0.1, 0.15) is 30.1 Å². The van der Waals surface area contributed by atoms with Crippen molar-refractivity contribution in [1.29, 1.82) is 0 Å². The molecule has 0 aliphatic carbocycles. The van der Waals surface area contributed by atoms with E-state index in [-0.39, 0.29) is 18.4 Å². The van der Waals surface area contributed by atoms with Crippen molar-refractivity contribution >= 4 is 17.5 Å². The van der Waals surface area contributed by atoms with Crippen molar-refractivity contribution in [2.75, 3.05) is 32.0 Å². The molecule has 1 atom stereocenters. The summed E-state index contributed by atoms with van der Waals surface area (Å²) in [7, 11) is 1.60. The summed E-state index contributed by atoms with van der Waals surface area (Å²) in [5.41, 5.74) is 1.25. The number of amides is 2. The Balaban J connectivity index is 1.96. The van der Waals surface area contributed by atoms with Crippen molar-refractivity contribution in [3.63, 3.8) is 0 Å². The summed E-state index contributed by atoms with van der Waals surface area (Å²) in [6, 6.07) is 7.22. The molecule has 0 saturated carbocycles. The Morgan fingerprint density at radius 3 is 2.81 bits per heavy atom. The number of piperidine rings is 1. The summed E-state index contributed by atoms with van der Waals surface area (Å²) < 4.78 is 0. The lowest BCUT2D eigenvalue weighted by molar-refractivity contribution is -0.130. The topological polar surface area (TPSA) is 61.4 Å². The second-order valence-corrected chi connectivity index (χ2v) is 5.57. The van der Waals surface area contributed by atoms with Crippen LogP contribution in [0.3, 0.4) is 0 Å². The van der Waals surface area contributed by atoms with Crippen LogP contribution in [0.25, 0.3) is 0 Å². The highest BCUT2D eigenvalue weighted by molar-refractivity contribution is 5.99. The van der Waals surface area contributed by atoms with E-state index in [0.29, 0.717) is 17.2 Å². The van der Waals surface area contributed by atoms with Gasteiger partial charge in [-0.2, -0.15) is 0 Å². The Morgan fingerprint density at radius 1 is 1.33 bits per heavy atom. The van der Waals surface area contributed by atoms with Gasteiger partial charge >= 0.3 is 0 Å². The molecule has 0 spiro atoms. The van der Waals surface area contributed by atoms with Crippen LogP contribution in [0.2, 0.25) is 0 Å². The fourth-order valence-electron chi connectivity index (χ4n) is 2.67. The number of anilines is 1. The van der Waals surface area contributed by atoms with E-state index in [2.05, 4.69) is 17.6 Å². The molecule has 1 aromatic rings. The molecule has 114 valence electrons. The summed E-state index contributed by atoms with van der Waals surface area (Å²) in [4.78, 5) is 25.9. The minimum Gasteiger partial charge on any atom is -0.376 e. The minimum atomic E-state index is -0.155. The molecule has 0 bridgehead atoms. The normalized spacial score (nSPS) is 18.2. The number of carbonyl (C=O) groups is 2. The van der Waals surface area contributed by atoms with Gasteiger partial charge in [-0.3, -0.25) is 9.59 Å². The third kappa shape index (κ3) is 3.97. The van der Waals surface area contributed by atoms with Gasteiger partial charge in [0.25, 0.3) is 5.91 Å². The van der Waals surface area contributed by atoms with Crippen molar-refractivity contribution < 1.29 is 9.59 Å². The molecule has 1 saturated heterocycles. The van der Waals surface area contributed by atoms with Crippen LogP contribution in [0.4, 0.5) is 5.69 Å². The number of hydrogen-bond donors (Lipinski definition) is 2. The van der Waals surface area contributed by atoms with Crippen molar-refractivity contribution in [3.8, 4) is 0 Å². The SMILES string of the molecule is CNC(=O)c1ccccc1NCC(=O)N1CCCC(C)C1. The predicted molar refractivity (Wildman–Crippen MR) is 83.3 cm³/mol. The Labute approximate surface area is 125 Å². The highest BCUT2D eigenvalue weighted by Gasteiger charge is 2.20. The van der Waals surface area contributed by atoms with E-state index in [4.69, 9.17) is 0 Å². The quantitative estimate of drug-likeness (QED) is 0.887. The number of benzene rings is 1. The molecule has 1 aromatic carbocycles. The molecule has 1 aliphatic heterocycles. The van der Waals surface area contributed by atoms with Gasteiger partial charge in [0.2, 0.25) is 5.91 Å². The summed E-state index contributed by atoms with van der Waals surface area (Å²) in [6.07, 6.45) is 2.26. The Bertz CT molecular complexity index is 516. The molecule has 2 N–H and O–H groups in total. The van der Waals surface area contributed by atoms with Gasteiger partial charge in [0.1, 0.15) is 0 Å². The zero-order valence-corrected chi connectivity index (χ0v) is 12.7. The molecule has 5 nitrogen and oxygen atoms in total.